The van der Waals surface area contributed by atoms with Gasteiger partial charge in [0.1, 0.15) is 0 Å². The Kier molecular flexibility index (Phi) is 4.74. The first-order valence-corrected chi connectivity index (χ1v) is 11.4. The summed E-state index contributed by atoms with van der Waals surface area (Å²) in [4.78, 5) is 0.200. The maximum Gasteiger partial charge on any atom is 0.261 e. The number of aryl methyl sites for hydroxylation is 3. The average molecular weight is 395 g/mol. The molecule has 0 amide bonds. The van der Waals surface area contributed by atoms with Crippen LogP contribution in [0.25, 0.3) is 0 Å². The van der Waals surface area contributed by atoms with Crippen LogP contribution in [0.5, 0.6) is 0 Å². The van der Waals surface area contributed by atoms with Gasteiger partial charge >= 0.3 is 0 Å². The molecule has 0 bridgehead atoms. The summed E-state index contributed by atoms with van der Waals surface area (Å²) in [6.45, 7) is 6.00. The van der Waals surface area contributed by atoms with E-state index < -0.39 is 20.0 Å². The molecule has 0 aliphatic carbocycles. The molecule has 2 aromatic rings. The lowest BCUT2D eigenvalue weighted by atomic mass is 10.1. The molecule has 0 radical (unpaired) electrons. The van der Waals surface area contributed by atoms with Crippen molar-refractivity contribution >= 4 is 31.4 Å². The van der Waals surface area contributed by atoms with Gasteiger partial charge in [0.05, 0.1) is 22.0 Å². The van der Waals surface area contributed by atoms with Crippen molar-refractivity contribution in [3.8, 4) is 0 Å². The Labute approximate surface area is 155 Å². The molecule has 0 atom stereocenters. The van der Waals surface area contributed by atoms with Crippen LogP contribution in [0.2, 0.25) is 0 Å². The molecule has 1 N–H and O–H groups in total. The monoisotopic (exact) mass is 394 g/mol. The Bertz CT molecular complexity index is 1060. The fourth-order valence-electron chi connectivity index (χ4n) is 2.93. The number of hydrogen-bond donors (Lipinski definition) is 1. The van der Waals surface area contributed by atoms with E-state index in [4.69, 9.17) is 0 Å². The zero-order valence-electron chi connectivity index (χ0n) is 15.0. The molecular weight excluding hydrogens is 372 g/mol. The second-order valence-corrected chi connectivity index (χ2v) is 10.3. The first-order chi connectivity index (χ1) is 12.1. The van der Waals surface area contributed by atoms with Gasteiger partial charge in [-0.3, -0.25) is 9.03 Å². The number of sulfonamides is 2. The first kappa shape index (κ1) is 18.7. The van der Waals surface area contributed by atoms with Crippen LogP contribution in [-0.2, 0) is 20.0 Å². The molecule has 8 heteroatoms. The lowest BCUT2D eigenvalue weighted by molar-refractivity contribution is 0.598. The van der Waals surface area contributed by atoms with Gasteiger partial charge in [-0.15, -0.1) is 0 Å². The molecule has 3 rings (SSSR count). The largest absolute Gasteiger partial charge is 0.279 e. The molecular formula is C18H22N2O4S2. The smallest absolute Gasteiger partial charge is 0.261 e. The van der Waals surface area contributed by atoms with E-state index >= 15 is 0 Å². The number of rotatable bonds is 4. The molecule has 0 unspecified atom stereocenters. The van der Waals surface area contributed by atoms with Crippen LogP contribution < -0.4 is 9.03 Å². The zero-order valence-corrected chi connectivity index (χ0v) is 16.6. The summed E-state index contributed by atoms with van der Waals surface area (Å²) in [5.41, 5.74) is 3.59. The van der Waals surface area contributed by atoms with Crippen molar-refractivity contribution in [2.45, 2.75) is 32.1 Å². The molecule has 6 nitrogen and oxygen atoms in total. The van der Waals surface area contributed by atoms with E-state index in [1.165, 1.54) is 4.31 Å². The van der Waals surface area contributed by atoms with Crippen LogP contribution in [-0.4, -0.2) is 29.1 Å². The van der Waals surface area contributed by atoms with Crippen molar-refractivity contribution in [3.63, 3.8) is 0 Å². The standard InChI is InChI=1S/C18H22N2O4S2/c1-13-5-7-17(12-14(13)2)26(23,24)19-18-8-6-16(11-15(18)3)20-9-4-10-25(20,21)22/h5-8,11-12,19H,4,9-10H2,1-3H3. The molecule has 1 aliphatic heterocycles. The van der Waals surface area contributed by atoms with E-state index in [1.807, 2.05) is 13.8 Å². The highest BCUT2D eigenvalue weighted by atomic mass is 32.2. The number of hydrogen-bond acceptors (Lipinski definition) is 4. The zero-order chi connectivity index (χ0) is 19.1. The maximum absolute atomic E-state index is 12.6. The summed E-state index contributed by atoms with van der Waals surface area (Å²) in [5.74, 6) is 0.146. The molecule has 2 aromatic carbocycles. The molecule has 1 saturated heterocycles. The quantitative estimate of drug-likeness (QED) is 0.864. The second-order valence-electron chi connectivity index (χ2n) is 6.59. The van der Waals surface area contributed by atoms with Crippen LogP contribution in [0.15, 0.2) is 41.3 Å². The van der Waals surface area contributed by atoms with E-state index in [2.05, 4.69) is 4.72 Å². The van der Waals surface area contributed by atoms with E-state index in [-0.39, 0.29) is 10.6 Å². The molecule has 1 aliphatic rings. The summed E-state index contributed by atoms with van der Waals surface area (Å²) in [6, 6.07) is 9.92. The Morgan fingerprint density at radius 1 is 0.962 bits per heavy atom. The topological polar surface area (TPSA) is 83.6 Å². The highest BCUT2D eigenvalue weighted by molar-refractivity contribution is 7.93. The fourth-order valence-corrected chi connectivity index (χ4v) is 5.70. The van der Waals surface area contributed by atoms with Gasteiger partial charge in [0.2, 0.25) is 10.0 Å². The SMILES string of the molecule is Cc1ccc(S(=O)(=O)Nc2ccc(N3CCCS3(=O)=O)cc2C)cc1C. The third-order valence-electron chi connectivity index (χ3n) is 4.63. The normalized spacial score (nSPS) is 16.7. The third-order valence-corrected chi connectivity index (χ3v) is 7.86. The van der Waals surface area contributed by atoms with Gasteiger partial charge in [0.15, 0.2) is 0 Å². The minimum absolute atomic E-state index is 0.146. The summed E-state index contributed by atoms with van der Waals surface area (Å²) in [7, 11) is -6.97. The molecule has 0 aromatic heterocycles. The molecule has 26 heavy (non-hydrogen) atoms. The van der Waals surface area contributed by atoms with E-state index in [9.17, 15) is 16.8 Å². The third kappa shape index (κ3) is 3.57. The summed E-state index contributed by atoms with van der Waals surface area (Å²) < 4.78 is 53.3. The van der Waals surface area contributed by atoms with Crippen molar-refractivity contribution in [2.24, 2.45) is 0 Å². The van der Waals surface area contributed by atoms with Crippen LogP contribution in [0, 0.1) is 20.8 Å². The van der Waals surface area contributed by atoms with Crippen LogP contribution in [0.1, 0.15) is 23.1 Å². The number of nitrogens with zero attached hydrogens (tertiary/aromatic N) is 1. The van der Waals surface area contributed by atoms with E-state index in [1.54, 1.807) is 43.3 Å². The van der Waals surface area contributed by atoms with Crippen molar-refractivity contribution < 1.29 is 16.8 Å². The highest BCUT2D eigenvalue weighted by Crippen LogP contribution is 2.29. The average Bonchev–Trinajstić information content (AvgIpc) is 2.91. The van der Waals surface area contributed by atoms with Gasteiger partial charge < -0.3 is 0 Å². The van der Waals surface area contributed by atoms with Crippen molar-refractivity contribution in [3.05, 3.63) is 53.1 Å². The van der Waals surface area contributed by atoms with E-state index in [0.29, 0.717) is 29.9 Å². The number of benzene rings is 2. The predicted molar refractivity (Wildman–Crippen MR) is 104 cm³/mol. The van der Waals surface area contributed by atoms with E-state index in [0.717, 1.165) is 11.1 Å². The summed E-state index contributed by atoms with van der Waals surface area (Å²) >= 11 is 0. The lowest BCUT2D eigenvalue weighted by Crippen LogP contribution is -2.25. The van der Waals surface area contributed by atoms with Crippen molar-refractivity contribution in [1.82, 2.24) is 0 Å². The minimum Gasteiger partial charge on any atom is -0.279 e. The number of nitrogens with one attached hydrogen (secondary N) is 1. The lowest BCUT2D eigenvalue weighted by Gasteiger charge is -2.19. The van der Waals surface area contributed by atoms with Gasteiger partial charge in [-0.05, 0) is 74.2 Å². The van der Waals surface area contributed by atoms with Crippen LogP contribution in [0.3, 0.4) is 0 Å². The predicted octanol–water partition coefficient (Wildman–Crippen LogP) is 2.95. The Hall–Kier alpha value is -2.06. The van der Waals surface area contributed by atoms with Gasteiger partial charge in [-0.1, -0.05) is 6.07 Å². The Morgan fingerprint density at radius 3 is 2.27 bits per heavy atom. The van der Waals surface area contributed by atoms with Gasteiger partial charge in [0.25, 0.3) is 10.0 Å². The minimum atomic E-state index is -3.71. The molecule has 1 heterocycles. The Balaban J connectivity index is 1.89. The van der Waals surface area contributed by atoms with Crippen LogP contribution >= 0.6 is 0 Å². The van der Waals surface area contributed by atoms with Gasteiger partial charge in [-0.2, -0.15) is 0 Å². The summed E-state index contributed by atoms with van der Waals surface area (Å²) in [6.07, 6.45) is 0.600. The maximum atomic E-state index is 12.6. The Morgan fingerprint density at radius 2 is 1.69 bits per heavy atom. The number of anilines is 2. The van der Waals surface area contributed by atoms with Gasteiger partial charge in [-0.25, -0.2) is 16.8 Å². The highest BCUT2D eigenvalue weighted by Gasteiger charge is 2.28. The molecule has 0 saturated carbocycles. The summed E-state index contributed by atoms with van der Waals surface area (Å²) in [5, 5.41) is 0. The molecule has 140 valence electrons. The van der Waals surface area contributed by atoms with Crippen molar-refractivity contribution in [1.29, 1.82) is 0 Å². The second kappa shape index (κ2) is 6.59. The molecule has 1 fully saturated rings. The first-order valence-electron chi connectivity index (χ1n) is 8.31. The molecule has 0 spiro atoms. The van der Waals surface area contributed by atoms with Crippen LogP contribution in [0.4, 0.5) is 11.4 Å². The van der Waals surface area contributed by atoms with Gasteiger partial charge in [0, 0.05) is 6.54 Å². The fraction of sp³-hybridized carbons (Fsp3) is 0.333. The van der Waals surface area contributed by atoms with Crippen molar-refractivity contribution in [2.75, 3.05) is 21.3 Å².